The quantitative estimate of drug-likeness (QED) is 0.482. The lowest BCUT2D eigenvalue weighted by Crippen LogP contribution is -2.50. The Labute approximate surface area is 183 Å². The van der Waals surface area contributed by atoms with Crippen LogP contribution in [0.15, 0.2) is 54.6 Å². The van der Waals surface area contributed by atoms with Crippen molar-refractivity contribution >= 4 is 34.5 Å². The minimum Gasteiger partial charge on any atom is -0.393 e. The summed E-state index contributed by atoms with van der Waals surface area (Å²) in [7, 11) is 0. The van der Waals surface area contributed by atoms with Gasteiger partial charge < -0.3 is 30.2 Å². The molecule has 1 aliphatic heterocycles. The van der Waals surface area contributed by atoms with E-state index in [2.05, 4.69) is 10.3 Å². The van der Waals surface area contributed by atoms with Gasteiger partial charge in [0.25, 0.3) is 0 Å². The maximum Gasteiger partial charge on any atom is 0.414 e. The predicted octanol–water partition coefficient (Wildman–Crippen LogP) is 2.08. The van der Waals surface area contributed by atoms with Gasteiger partial charge in [0, 0.05) is 41.5 Å². The number of aromatic nitrogens is 1. The molecule has 31 heavy (non-hydrogen) atoms. The lowest BCUT2D eigenvalue weighted by molar-refractivity contribution is -0.132. The second kappa shape index (κ2) is 8.97. The van der Waals surface area contributed by atoms with Crippen molar-refractivity contribution in [3.05, 3.63) is 65.2 Å². The number of hydrogen-bond acceptors (Lipinski definition) is 5. The number of H-pyrrole nitrogens is 1. The number of hydrogen-bond donors (Lipinski definition) is 4. The van der Waals surface area contributed by atoms with E-state index in [-0.39, 0.29) is 25.4 Å². The molecule has 4 N–H and O–H groups in total. The van der Waals surface area contributed by atoms with Gasteiger partial charge in [-0.3, -0.25) is 4.79 Å². The molecule has 2 aromatic carbocycles. The summed E-state index contributed by atoms with van der Waals surface area (Å²) < 4.78 is 5.34. The molecule has 0 aliphatic carbocycles. The third-order valence-corrected chi connectivity index (χ3v) is 5.44. The zero-order valence-corrected chi connectivity index (χ0v) is 17.2. The number of carbonyl (C=O) groups is 2. The zero-order chi connectivity index (χ0) is 22.0. The van der Waals surface area contributed by atoms with Gasteiger partial charge in [0.1, 0.15) is 6.04 Å². The number of aliphatic hydroxyl groups excluding tert-OH is 2. The molecule has 1 aromatic heterocycles. The van der Waals surface area contributed by atoms with Gasteiger partial charge in [0.05, 0.1) is 12.2 Å². The molecule has 0 radical (unpaired) electrons. The molecule has 0 spiro atoms. The first-order chi connectivity index (χ1) is 14.9. The number of aromatic amines is 1. The van der Waals surface area contributed by atoms with Gasteiger partial charge >= 0.3 is 6.09 Å². The van der Waals surface area contributed by atoms with E-state index in [1.54, 1.807) is 24.3 Å². The molecule has 0 bridgehead atoms. The van der Waals surface area contributed by atoms with Crippen molar-refractivity contribution in [2.45, 2.75) is 24.7 Å². The van der Waals surface area contributed by atoms with Crippen LogP contribution in [0.5, 0.6) is 5.88 Å². The van der Waals surface area contributed by atoms with Crippen molar-refractivity contribution < 1.29 is 24.5 Å². The van der Waals surface area contributed by atoms with Crippen LogP contribution in [-0.2, 0) is 11.2 Å². The van der Waals surface area contributed by atoms with Gasteiger partial charge in [0.15, 0.2) is 0 Å². The highest BCUT2D eigenvalue weighted by molar-refractivity contribution is 6.31. The topological polar surface area (TPSA) is 115 Å². The summed E-state index contributed by atoms with van der Waals surface area (Å²) in [5.74, 6) is -0.187. The molecule has 0 saturated carbocycles. The summed E-state index contributed by atoms with van der Waals surface area (Å²) >= 11 is 5.99. The smallest absolute Gasteiger partial charge is 0.393 e. The maximum absolute atomic E-state index is 13.0. The van der Waals surface area contributed by atoms with E-state index in [4.69, 9.17) is 16.3 Å². The fraction of sp³-hybridized carbons (Fsp3) is 0.273. The average Bonchev–Trinajstić information content (AvgIpc) is 3.29. The summed E-state index contributed by atoms with van der Waals surface area (Å²) in [6, 6.07) is 15.2. The number of nitrogens with one attached hydrogen (secondary N) is 2. The first kappa shape index (κ1) is 21.2. The molecule has 1 fully saturated rings. The van der Waals surface area contributed by atoms with Crippen LogP contribution < -0.4 is 10.1 Å². The van der Waals surface area contributed by atoms with Gasteiger partial charge in [-0.15, -0.1) is 0 Å². The van der Waals surface area contributed by atoms with E-state index in [0.29, 0.717) is 5.02 Å². The Morgan fingerprint density at radius 3 is 2.55 bits per heavy atom. The van der Waals surface area contributed by atoms with Crippen molar-refractivity contribution in [1.29, 1.82) is 0 Å². The van der Waals surface area contributed by atoms with E-state index in [9.17, 15) is 19.8 Å². The lowest BCUT2D eigenvalue weighted by Gasteiger charge is -2.24. The van der Waals surface area contributed by atoms with Gasteiger partial charge in [-0.1, -0.05) is 41.9 Å². The van der Waals surface area contributed by atoms with Crippen LogP contribution >= 0.6 is 11.6 Å². The maximum atomic E-state index is 13.0. The van der Waals surface area contributed by atoms with E-state index < -0.39 is 30.3 Å². The monoisotopic (exact) mass is 443 g/mol. The molecule has 2 heterocycles. The number of carbonyl (C=O) groups excluding carboxylic acids is 2. The summed E-state index contributed by atoms with van der Waals surface area (Å²) in [6.45, 7) is 0.00951. The summed E-state index contributed by atoms with van der Waals surface area (Å²) in [5, 5.41) is 23.5. The highest BCUT2D eigenvalue weighted by Crippen LogP contribution is 2.24. The zero-order valence-electron chi connectivity index (χ0n) is 16.5. The third-order valence-electron chi connectivity index (χ3n) is 5.20. The molecule has 4 rings (SSSR count). The molecular weight excluding hydrogens is 422 g/mol. The van der Waals surface area contributed by atoms with Gasteiger partial charge in [-0.2, -0.15) is 0 Å². The van der Waals surface area contributed by atoms with E-state index in [1.807, 2.05) is 30.3 Å². The lowest BCUT2D eigenvalue weighted by atomic mass is 10.1. The van der Waals surface area contributed by atoms with Gasteiger partial charge in [0.2, 0.25) is 11.8 Å². The molecule has 162 valence electrons. The molecule has 9 heteroatoms. The van der Waals surface area contributed by atoms with Crippen molar-refractivity contribution in [2.24, 2.45) is 0 Å². The Morgan fingerprint density at radius 2 is 1.84 bits per heavy atom. The van der Waals surface area contributed by atoms with Gasteiger partial charge in [-0.05, 0) is 23.8 Å². The number of aliphatic hydroxyl groups is 2. The number of likely N-dealkylation sites (tertiary alicyclic amines) is 1. The molecular formula is C22H22ClN3O5. The predicted molar refractivity (Wildman–Crippen MR) is 115 cm³/mol. The Bertz CT molecular complexity index is 1080. The molecule has 3 aromatic rings. The molecule has 2 amide bonds. The van der Waals surface area contributed by atoms with Crippen LogP contribution in [0, 0.1) is 0 Å². The SMILES string of the molecule is O=C(N[C@@H](Cc1ccccc1)C(=O)N1C[C@@H](O)[C@@H](O)C1)Oc1cc2cc(Cl)ccc2[nH]1. The number of benzene rings is 2. The molecule has 1 aliphatic rings. The second-order valence-electron chi connectivity index (χ2n) is 7.52. The van der Waals surface area contributed by atoms with Crippen LogP contribution in [-0.4, -0.2) is 63.4 Å². The van der Waals surface area contributed by atoms with Crippen molar-refractivity contribution in [1.82, 2.24) is 15.2 Å². The Hall–Kier alpha value is -3.07. The summed E-state index contributed by atoms with van der Waals surface area (Å²) in [5.41, 5.74) is 1.60. The van der Waals surface area contributed by atoms with Crippen molar-refractivity contribution in [2.75, 3.05) is 13.1 Å². The number of amides is 2. The van der Waals surface area contributed by atoms with Crippen LogP contribution in [0.25, 0.3) is 10.9 Å². The number of β-amino-alcohol motifs (C(OH)–C–C–N with tert-alkyl or cyclic N) is 2. The van der Waals surface area contributed by atoms with E-state index in [0.717, 1.165) is 16.5 Å². The third kappa shape index (κ3) is 4.99. The molecule has 3 atom stereocenters. The van der Waals surface area contributed by atoms with Crippen LogP contribution in [0.3, 0.4) is 0 Å². The number of ether oxygens (including phenoxy) is 1. The normalized spacial score (nSPS) is 19.4. The Kier molecular flexibility index (Phi) is 6.13. The summed E-state index contributed by atoms with van der Waals surface area (Å²) in [6.07, 6.45) is -2.58. The minimum atomic E-state index is -1.01. The van der Waals surface area contributed by atoms with Crippen LogP contribution in [0.4, 0.5) is 4.79 Å². The number of nitrogens with zero attached hydrogens (tertiary/aromatic N) is 1. The summed E-state index contributed by atoms with van der Waals surface area (Å²) in [4.78, 5) is 29.9. The van der Waals surface area contributed by atoms with E-state index in [1.165, 1.54) is 4.90 Å². The molecule has 1 saturated heterocycles. The van der Waals surface area contributed by atoms with Crippen molar-refractivity contribution in [3.8, 4) is 5.88 Å². The second-order valence-corrected chi connectivity index (χ2v) is 7.96. The van der Waals surface area contributed by atoms with Gasteiger partial charge in [-0.25, -0.2) is 4.79 Å². The minimum absolute atomic E-state index is 0.00476. The average molecular weight is 444 g/mol. The number of rotatable bonds is 5. The molecule has 0 unspecified atom stereocenters. The Morgan fingerprint density at radius 1 is 1.13 bits per heavy atom. The molecule has 8 nitrogen and oxygen atoms in total. The number of halogens is 1. The fourth-order valence-corrected chi connectivity index (χ4v) is 3.80. The first-order valence-corrected chi connectivity index (χ1v) is 10.2. The largest absolute Gasteiger partial charge is 0.414 e. The first-order valence-electron chi connectivity index (χ1n) is 9.84. The van der Waals surface area contributed by atoms with Crippen LogP contribution in [0.2, 0.25) is 5.02 Å². The fourth-order valence-electron chi connectivity index (χ4n) is 3.62. The highest BCUT2D eigenvalue weighted by Gasteiger charge is 2.36. The van der Waals surface area contributed by atoms with Crippen molar-refractivity contribution in [3.63, 3.8) is 0 Å². The van der Waals surface area contributed by atoms with E-state index >= 15 is 0 Å². The van der Waals surface area contributed by atoms with Crippen LogP contribution in [0.1, 0.15) is 5.56 Å². The number of fused-ring (bicyclic) bond motifs is 1. The standard InChI is InChI=1S/C22H22ClN3O5/c23-15-6-7-16-14(9-15)10-20(24-16)31-22(30)25-17(8-13-4-2-1-3-5-13)21(29)26-11-18(27)19(28)12-26/h1-7,9-10,17-19,24,27-28H,8,11-12H2,(H,25,30)/t17-,18-,19+/m0/s1. The Balaban J connectivity index is 1.48. The highest BCUT2D eigenvalue weighted by atomic mass is 35.5.